The van der Waals surface area contributed by atoms with E-state index in [9.17, 15) is 19.7 Å². The van der Waals surface area contributed by atoms with Gasteiger partial charge in [0.2, 0.25) is 0 Å². The highest BCUT2D eigenvalue weighted by Crippen LogP contribution is 2.26. The Morgan fingerprint density at radius 1 is 1.26 bits per heavy atom. The number of hydrogen-bond acceptors (Lipinski definition) is 7. The van der Waals surface area contributed by atoms with Gasteiger partial charge in [0, 0.05) is 12.1 Å². The molecule has 1 aliphatic rings. The number of aryl methyl sites for hydroxylation is 1. The van der Waals surface area contributed by atoms with Gasteiger partial charge in [-0.3, -0.25) is 14.9 Å². The molecule has 0 atom stereocenters. The number of non-ortho nitro benzene ring substituents is 1. The normalized spacial score (nSPS) is 14.9. The lowest BCUT2D eigenvalue weighted by Crippen LogP contribution is -2.17. The first-order valence-corrected chi connectivity index (χ1v) is 8.87. The van der Waals surface area contributed by atoms with Crippen molar-refractivity contribution in [2.24, 2.45) is 0 Å². The van der Waals surface area contributed by atoms with Crippen molar-refractivity contribution in [3.8, 4) is 5.75 Å². The minimum Gasteiger partial charge on any atom is -0.423 e. The summed E-state index contributed by atoms with van der Waals surface area (Å²) in [4.78, 5) is 34.8. The first kappa shape index (κ1) is 18.7. The Bertz CT molecular complexity index is 999. The summed E-state index contributed by atoms with van der Waals surface area (Å²) in [5.41, 5.74) is 1.25. The van der Waals surface area contributed by atoms with Crippen molar-refractivity contribution in [2.45, 2.75) is 6.92 Å². The molecule has 9 heteroatoms. The van der Waals surface area contributed by atoms with Crippen LogP contribution in [-0.2, 0) is 4.79 Å². The van der Waals surface area contributed by atoms with Crippen LogP contribution in [0, 0.1) is 17.0 Å². The molecule has 1 fully saturated rings. The molecule has 0 unspecified atom stereocenters. The van der Waals surface area contributed by atoms with Gasteiger partial charge >= 0.3 is 5.97 Å². The minimum atomic E-state index is -0.691. The summed E-state index contributed by atoms with van der Waals surface area (Å²) < 4.78 is 5.67. The van der Waals surface area contributed by atoms with Crippen LogP contribution in [0.2, 0.25) is 0 Å². The topological polar surface area (TPSA) is 98.5 Å². The molecule has 0 aliphatic carbocycles. The van der Waals surface area contributed by atoms with Gasteiger partial charge < -0.3 is 10.1 Å². The molecule has 0 radical (unpaired) electrons. The largest absolute Gasteiger partial charge is 0.423 e. The Labute approximate surface area is 163 Å². The average Bonchev–Trinajstić information content (AvgIpc) is 2.93. The van der Waals surface area contributed by atoms with Gasteiger partial charge in [0.15, 0.2) is 0 Å². The van der Waals surface area contributed by atoms with Crippen molar-refractivity contribution < 1.29 is 19.2 Å². The maximum atomic E-state index is 12.3. The molecule has 0 saturated carbocycles. The molecule has 1 saturated heterocycles. The van der Waals surface area contributed by atoms with Gasteiger partial charge in [0.05, 0.1) is 15.4 Å². The third kappa shape index (κ3) is 4.57. The standard InChI is InChI=1S/C18H12N2O5S2/c1-10-6-12(9-13(7-10)20(23)24)17(22)25-14-4-2-11(3-5-14)8-15-16(21)19-18(26)27-15/h2-9H,1H3,(H,19,21,26)/b15-8-. The number of esters is 1. The molecule has 1 aliphatic heterocycles. The number of ether oxygens (including phenoxy) is 1. The maximum absolute atomic E-state index is 12.3. The number of rotatable bonds is 4. The Balaban J connectivity index is 1.74. The van der Waals surface area contributed by atoms with Gasteiger partial charge in [0.1, 0.15) is 10.1 Å². The SMILES string of the molecule is Cc1cc(C(=O)Oc2ccc(/C=C3\SC(=S)NC3=O)cc2)cc([N+](=O)[O-])c1. The van der Waals surface area contributed by atoms with E-state index in [4.69, 9.17) is 17.0 Å². The van der Waals surface area contributed by atoms with Crippen molar-refractivity contribution in [3.63, 3.8) is 0 Å². The van der Waals surface area contributed by atoms with Crippen LogP contribution >= 0.6 is 24.0 Å². The Morgan fingerprint density at radius 3 is 2.56 bits per heavy atom. The number of hydrogen-bond donors (Lipinski definition) is 1. The molecule has 0 bridgehead atoms. The predicted octanol–water partition coefficient (Wildman–Crippen LogP) is 3.61. The van der Waals surface area contributed by atoms with Gasteiger partial charge in [-0.15, -0.1) is 0 Å². The number of carbonyl (C=O) groups is 2. The van der Waals surface area contributed by atoms with Gasteiger partial charge in [-0.05, 0) is 42.3 Å². The number of nitrogens with zero attached hydrogens (tertiary/aromatic N) is 1. The molecule has 0 aromatic heterocycles. The van der Waals surface area contributed by atoms with Crippen LogP contribution in [0.3, 0.4) is 0 Å². The molecule has 1 amide bonds. The van der Waals surface area contributed by atoms with Crippen molar-refractivity contribution in [1.29, 1.82) is 0 Å². The number of nitro benzene ring substituents is 1. The van der Waals surface area contributed by atoms with E-state index in [-0.39, 0.29) is 22.9 Å². The molecule has 1 heterocycles. The van der Waals surface area contributed by atoms with E-state index in [1.165, 1.54) is 30.0 Å². The second-order valence-corrected chi connectivity index (χ2v) is 7.34. The highest BCUT2D eigenvalue weighted by atomic mass is 32.2. The van der Waals surface area contributed by atoms with E-state index in [1.807, 2.05) is 0 Å². The summed E-state index contributed by atoms with van der Waals surface area (Å²) in [7, 11) is 0. The van der Waals surface area contributed by atoms with Crippen LogP contribution in [0.4, 0.5) is 5.69 Å². The average molecular weight is 400 g/mol. The molecule has 2 aromatic rings. The third-order valence-electron chi connectivity index (χ3n) is 3.54. The summed E-state index contributed by atoms with van der Waals surface area (Å²) in [5, 5.41) is 13.4. The zero-order chi connectivity index (χ0) is 19.6. The second-order valence-electron chi connectivity index (χ2n) is 5.63. The van der Waals surface area contributed by atoms with Crippen molar-refractivity contribution >= 4 is 51.9 Å². The quantitative estimate of drug-likeness (QED) is 0.209. The summed E-state index contributed by atoms with van der Waals surface area (Å²) >= 11 is 6.11. The number of amides is 1. The number of nitrogens with one attached hydrogen (secondary N) is 1. The van der Waals surface area contributed by atoms with E-state index in [0.29, 0.717) is 14.8 Å². The van der Waals surface area contributed by atoms with E-state index in [2.05, 4.69) is 5.32 Å². The first-order valence-electron chi connectivity index (χ1n) is 7.65. The highest BCUT2D eigenvalue weighted by molar-refractivity contribution is 8.26. The number of thioether (sulfide) groups is 1. The van der Waals surface area contributed by atoms with Crippen LogP contribution in [-0.4, -0.2) is 21.1 Å². The van der Waals surface area contributed by atoms with Crippen LogP contribution in [0.5, 0.6) is 5.75 Å². The minimum absolute atomic E-state index is 0.0976. The molecule has 27 heavy (non-hydrogen) atoms. The van der Waals surface area contributed by atoms with Crippen molar-refractivity contribution in [2.75, 3.05) is 0 Å². The van der Waals surface area contributed by atoms with Crippen LogP contribution < -0.4 is 10.1 Å². The van der Waals surface area contributed by atoms with E-state index in [1.54, 1.807) is 37.3 Å². The maximum Gasteiger partial charge on any atom is 0.343 e. The van der Waals surface area contributed by atoms with Crippen LogP contribution in [0.15, 0.2) is 47.4 Å². The van der Waals surface area contributed by atoms with E-state index >= 15 is 0 Å². The fourth-order valence-corrected chi connectivity index (χ4v) is 3.40. The lowest BCUT2D eigenvalue weighted by molar-refractivity contribution is -0.384. The number of thiocarbonyl (C=S) groups is 1. The van der Waals surface area contributed by atoms with E-state index < -0.39 is 10.9 Å². The lowest BCUT2D eigenvalue weighted by atomic mass is 10.1. The summed E-state index contributed by atoms with van der Waals surface area (Å²) in [6.07, 6.45) is 1.68. The zero-order valence-electron chi connectivity index (χ0n) is 13.9. The predicted molar refractivity (Wildman–Crippen MR) is 106 cm³/mol. The number of nitro groups is 1. The summed E-state index contributed by atoms with van der Waals surface area (Å²) in [6, 6.07) is 10.6. The number of benzene rings is 2. The molecular weight excluding hydrogens is 388 g/mol. The van der Waals surface area contributed by atoms with Crippen LogP contribution in [0.25, 0.3) is 6.08 Å². The Hall–Kier alpha value is -3.04. The second kappa shape index (κ2) is 7.68. The van der Waals surface area contributed by atoms with Gasteiger partial charge in [-0.1, -0.05) is 36.1 Å². The van der Waals surface area contributed by atoms with Crippen molar-refractivity contribution in [1.82, 2.24) is 5.32 Å². The van der Waals surface area contributed by atoms with Crippen molar-refractivity contribution in [3.05, 3.63) is 74.2 Å². The molecule has 1 N–H and O–H groups in total. The van der Waals surface area contributed by atoms with Gasteiger partial charge in [-0.25, -0.2) is 4.79 Å². The molecule has 3 rings (SSSR count). The fraction of sp³-hybridized carbons (Fsp3) is 0.0556. The monoisotopic (exact) mass is 400 g/mol. The Kier molecular flexibility index (Phi) is 5.33. The zero-order valence-corrected chi connectivity index (χ0v) is 15.6. The Morgan fingerprint density at radius 2 is 1.96 bits per heavy atom. The van der Waals surface area contributed by atoms with Gasteiger partial charge in [-0.2, -0.15) is 0 Å². The highest BCUT2D eigenvalue weighted by Gasteiger charge is 2.22. The summed E-state index contributed by atoms with van der Waals surface area (Å²) in [6.45, 7) is 1.66. The van der Waals surface area contributed by atoms with E-state index in [0.717, 1.165) is 5.56 Å². The van der Waals surface area contributed by atoms with Gasteiger partial charge in [0.25, 0.3) is 11.6 Å². The first-order chi connectivity index (χ1) is 12.8. The lowest BCUT2D eigenvalue weighted by Gasteiger charge is -2.06. The number of carbonyl (C=O) groups excluding carboxylic acids is 2. The molecule has 136 valence electrons. The molecule has 7 nitrogen and oxygen atoms in total. The molecule has 0 spiro atoms. The fourth-order valence-electron chi connectivity index (χ4n) is 2.36. The third-order valence-corrected chi connectivity index (χ3v) is 4.70. The molecule has 2 aromatic carbocycles. The molecular formula is C18H12N2O5S2. The smallest absolute Gasteiger partial charge is 0.343 e. The summed E-state index contributed by atoms with van der Waals surface area (Å²) in [5.74, 6) is -0.657. The van der Waals surface area contributed by atoms with Crippen LogP contribution in [0.1, 0.15) is 21.5 Å².